The highest BCUT2D eigenvalue weighted by Gasteiger charge is 2.39. The molecular weight excluding hydrogens is 420 g/mol. The number of benzene rings is 2. The van der Waals surface area contributed by atoms with Gasteiger partial charge < -0.3 is 10.6 Å². The van der Waals surface area contributed by atoms with Crippen LogP contribution in [0.5, 0.6) is 0 Å². The van der Waals surface area contributed by atoms with Crippen molar-refractivity contribution in [3.05, 3.63) is 82.5 Å². The summed E-state index contributed by atoms with van der Waals surface area (Å²) in [7, 11) is 0. The summed E-state index contributed by atoms with van der Waals surface area (Å²) in [5.41, 5.74) is 4.43. The van der Waals surface area contributed by atoms with Gasteiger partial charge in [0.25, 0.3) is 5.91 Å². The number of hydrogen-bond acceptors (Lipinski definition) is 3. The molecule has 2 aromatic carbocycles. The number of nitrogens with one attached hydrogen (secondary N) is 2. The molecule has 34 heavy (non-hydrogen) atoms. The summed E-state index contributed by atoms with van der Waals surface area (Å²) in [5, 5.41) is 11.9. The minimum absolute atomic E-state index is 0.0703. The van der Waals surface area contributed by atoms with E-state index in [0.29, 0.717) is 5.56 Å². The van der Waals surface area contributed by atoms with E-state index in [1.165, 1.54) is 11.1 Å². The van der Waals surface area contributed by atoms with Crippen molar-refractivity contribution in [3.8, 4) is 0 Å². The Morgan fingerprint density at radius 3 is 2.32 bits per heavy atom. The summed E-state index contributed by atoms with van der Waals surface area (Å²) in [6.45, 7) is 12.8. The van der Waals surface area contributed by atoms with Crippen LogP contribution in [0.3, 0.4) is 0 Å². The van der Waals surface area contributed by atoms with Gasteiger partial charge in [0.15, 0.2) is 0 Å². The molecule has 1 atom stereocenters. The summed E-state index contributed by atoms with van der Waals surface area (Å²) >= 11 is 0. The Morgan fingerprint density at radius 1 is 1.09 bits per heavy atom. The molecule has 2 N–H and O–H groups in total. The number of carbonyl (C=O) groups is 1. The third-order valence-corrected chi connectivity index (χ3v) is 7.55. The van der Waals surface area contributed by atoms with Gasteiger partial charge in [0.1, 0.15) is 11.4 Å². The molecule has 3 aromatic rings. The lowest BCUT2D eigenvalue weighted by Gasteiger charge is -2.38. The van der Waals surface area contributed by atoms with E-state index in [2.05, 4.69) is 93.8 Å². The maximum absolute atomic E-state index is 13.9. The minimum Gasteiger partial charge on any atom is -0.363 e. The third-order valence-electron chi connectivity index (χ3n) is 7.55. The van der Waals surface area contributed by atoms with Crippen molar-refractivity contribution in [1.29, 1.82) is 0 Å². The fourth-order valence-corrected chi connectivity index (χ4v) is 5.31. The lowest BCUT2D eigenvalue weighted by molar-refractivity contribution is 0.0889. The van der Waals surface area contributed by atoms with Gasteiger partial charge in [-0.15, -0.1) is 0 Å². The molecular formula is C29H38N4O. The van der Waals surface area contributed by atoms with Crippen molar-refractivity contribution in [3.63, 3.8) is 0 Å². The molecule has 180 valence electrons. The first-order chi connectivity index (χ1) is 16.2. The second kappa shape index (κ2) is 9.28. The lowest BCUT2D eigenvalue weighted by Crippen LogP contribution is -2.45. The van der Waals surface area contributed by atoms with Gasteiger partial charge >= 0.3 is 0 Å². The van der Waals surface area contributed by atoms with Crippen LogP contribution >= 0.6 is 0 Å². The average molecular weight is 459 g/mol. The molecule has 4 rings (SSSR count). The van der Waals surface area contributed by atoms with Gasteiger partial charge in [-0.25, -0.2) is 4.68 Å². The number of aromatic nitrogens is 2. The molecule has 1 aliphatic heterocycles. The second-order valence-corrected chi connectivity index (χ2v) is 10.1. The Morgan fingerprint density at radius 2 is 1.74 bits per heavy atom. The first-order valence-electron chi connectivity index (χ1n) is 12.6. The molecule has 1 amide bonds. The number of fused-ring (bicyclic) bond motifs is 1. The van der Waals surface area contributed by atoms with Crippen molar-refractivity contribution in [1.82, 2.24) is 15.1 Å². The van der Waals surface area contributed by atoms with Crippen molar-refractivity contribution < 1.29 is 4.79 Å². The zero-order valence-corrected chi connectivity index (χ0v) is 21.4. The van der Waals surface area contributed by atoms with Crippen molar-refractivity contribution in [2.75, 3.05) is 5.32 Å². The van der Waals surface area contributed by atoms with Crippen LogP contribution < -0.4 is 10.6 Å². The average Bonchev–Trinajstić information content (AvgIpc) is 3.20. The van der Waals surface area contributed by atoms with Crippen molar-refractivity contribution in [2.24, 2.45) is 0 Å². The fraction of sp³-hybridized carbons (Fsp3) is 0.448. The van der Waals surface area contributed by atoms with E-state index in [1.807, 2.05) is 17.7 Å². The predicted octanol–water partition coefficient (Wildman–Crippen LogP) is 6.49. The smallest absolute Gasteiger partial charge is 0.257 e. The Kier molecular flexibility index (Phi) is 6.57. The number of carbonyl (C=O) groups excluding carboxylic acids is 1. The summed E-state index contributed by atoms with van der Waals surface area (Å²) in [5.74, 6) is 0.738. The number of nitrogens with zero attached hydrogens (tertiary/aromatic N) is 2. The SMILES string of the molecule is CCc1ccc(C(CC)(CC)NC(=O)c2c(C)nn3c2NC(c2ccccc2)CC3(C)C)cc1. The molecule has 0 saturated carbocycles. The monoisotopic (exact) mass is 458 g/mol. The van der Waals surface area contributed by atoms with E-state index >= 15 is 0 Å². The molecule has 1 aliphatic rings. The molecule has 5 heteroatoms. The van der Waals surface area contributed by atoms with Crippen LogP contribution in [0.25, 0.3) is 0 Å². The number of hydrogen-bond donors (Lipinski definition) is 2. The number of aryl methyl sites for hydroxylation is 2. The van der Waals surface area contributed by atoms with E-state index in [1.54, 1.807) is 0 Å². The largest absolute Gasteiger partial charge is 0.363 e. The molecule has 5 nitrogen and oxygen atoms in total. The van der Waals surface area contributed by atoms with E-state index in [-0.39, 0.29) is 17.5 Å². The highest BCUT2D eigenvalue weighted by molar-refractivity contribution is 6.00. The zero-order chi connectivity index (χ0) is 24.5. The van der Waals surface area contributed by atoms with E-state index < -0.39 is 5.54 Å². The van der Waals surface area contributed by atoms with E-state index in [0.717, 1.165) is 42.8 Å². The number of amides is 1. The zero-order valence-electron chi connectivity index (χ0n) is 21.4. The highest BCUT2D eigenvalue weighted by Crippen LogP contribution is 2.41. The van der Waals surface area contributed by atoms with Gasteiger partial charge in [-0.1, -0.05) is 75.4 Å². The summed E-state index contributed by atoms with van der Waals surface area (Å²) in [6.07, 6.45) is 3.52. The van der Waals surface area contributed by atoms with Crippen LogP contribution in [0.4, 0.5) is 5.82 Å². The standard InChI is InChI=1S/C29H38N4O/c1-7-21-15-17-23(18-16-21)29(8-2,9-3)31-27(34)25-20(4)32-33-26(25)30-24(19-28(33,5)6)22-13-11-10-12-14-22/h10-18,24,30H,7-9,19H2,1-6H3,(H,31,34). The quantitative estimate of drug-likeness (QED) is 0.425. The van der Waals surface area contributed by atoms with Crippen LogP contribution in [0.1, 0.15) is 92.7 Å². The number of rotatable bonds is 7. The molecule has 1 aromatic heterocycles. The summed E-state index contributed by atoms with van der Waals surface area (Å²) in [4.78, 5) is 13.9. The minimum atomic E-state index is -0.423. The lowest BCUT2D eigenvalue weighted by atomic mass is 9.83. The molecule has 0 spiro atoms. The summed E-state index contributed by atoms with van der Waals surface area (Å²) < 4.78 is 2.01. The first-order valence-corrected chi connectivity index (χ1v) is 12.6. The first kappa shape index (κ1) is 24.1. The van der Waals surface area contributed by atoms with Gasteiger partial charge in [0.05, 0.1) is 22.8 Å². The highest BCUT2D eigenvalue weighted by atomic mass is 16.2. The Bertz CT molecular complexity index is 1140. The van der Waals surface area contributed by atoms with Crippen LogP contribution in [0, 0.1) is 6.92 Å². The van der Waals surface area contributed by atoms with Gasteiger partial charge in [-0.3, -0.25) is 4.79 Å². The normalized spacial score (nSPS) is 17.1. The Hall–Kier alpha value is -3.08. The van der Waals surface area contributed by atoms with Gasteiger partial charge in [-0.05, 0) is 63.1 Å². The Balaban J connectivity index is 1.71. The Labute approximate surface area is 204 Å². The maximum atomic E-state index is 13.9. The third kappa shape index (κ3) is 4.24. The molecule has 1 unspecified atom stereocenters. The van der Waals surface area contributed by atoms with Crippen LogP contribution in [0.15, 0.2) is 54.6 Å². The molecule has 0 radical (unpaired) electrons. The summed E-state index contributed by atoms with van der Waals surface area (Å²) in [6, 6.07) is 19.2. The van der Waals surface area contributed by atoms with Gasteiger partial charge in [0.2, 0.25) is 0 Å². The van der Waals surface area contributed by atoms with Gasteiger partial charge in [0, 0.05) is 0 Å². The van der Waals surface area contributed by atoms with E-state index in [9.17, 15) is 4.79 Å². The molecule has 0 saturated heterocycles. The van der Waals surface area contributed by atoms with Crippen LogP contribution in [-0.4, -0.2) is 15.7 Å². The second-order valence-electron chi connectivity index (χ2n) is 10.1. The van der Waals surface area contributed by atoms with Crippen molar-refractivity contribution in [2.45, 2.75) is 84.3 Å². The topological polar surface area (TPSA) is 59.0 Å². The van der Waals surface area contributed by atoms with Crippen LogP contribution in [-0.2, 0) is 17.5 Å². The van der Waals surface area contributed by atoms with E-state index in [4.69, 9.17) is 5.10 Å². The van der Waals surface area contributed by atoms with Gasteiger partial charge in [-0.2, -0.15) is 5.10 Å². The molecule has 0 bridgehead atoms. The predicted molar refractivity (Wildman–Crippen MR) is 139 cm³/mol. The number of anilines is 1. The maximum Gasteiger partial charge on any atom is 0.257 e. The molecule has 0 fully saturated rings. The fourth-order valence-electron chi connectivity index (χ4n) is 5.31. The van der Waals surface area contributed by atoms with Crippen molar-refractivity contribution >= 4 is 11.7 Å². The van der Waals surface area contributed by atoms with Crippen LogP contribution in [0.2, 0.25) is 0 Å². The molecule has 2 heterocycles. The molecule has 0 aliphatic carbocycles.